The van der Waals surface area contributed by atoms with Crippen LogP contribution in [0.5, 0.6) is 0 Å². The molecule has 138 valence electrons. The summed E-state index contributed by atoms with van der Waals surface area (Å²) in [6.07, 6.45) is 3.97. The van der Waals surface area contributed by atoms with E-state index in [9.17, 15) is 0 Å². The lowest BCUT2D eigenvalue weighted by Crippen LogP contribution is -2.44. The second-order valence-electron chi connectivity index (χ2n) is 9.07. The second-order valence-corrected chi connectivity index (χ2v) is 9.07. The summed E-state index contributed by atoms with van der Waals surface area (Å²) in [6, 6.07) is 8.65. The van der Waals surface area contributed by atoms with E-state index in [0.29, 0.717) is 5.92 Å². The first-order valence-electron chi connectivity index (χ1n) is 9.45. The molecule has 1 aliphatic heterocycles. The molecule has 1 saturated carbocycles. The molecule has 0 spiro atoms. The Morgan fingerprint density at radius 3 is 2.31 bits per heavy atom. The minimum absolute atomic E-state index is 0.0652. The molecule has 2 heterocycles. The Labute approximate surface area is 156 Å². The largest absolute Gasteiger partial charge is 0.494 e. The summed E-state index contributed by atoms with van der Waals surface area (Å²) in [5, 5.41) is 8.57. The topological polar surface area (TPSA) is 49.2 Å². The fourth-order valence-electron chi connectivity index (χ4n) is 4.36. The minimum Gasteiger partial charge on any atom is -0.399 e. The van der Waals surface area contributed by atoms with Crippen LogP contribution in [0.25, 0.3) is 0 Å². The predicted molar refractivity (Wildman–Crippen MR) is 102 cm³/mol. The van der Waals surface area contributed by atoms with E-state index >= 15 is 0 Å². The normalized spacial score (nSPS) is 29.6. The Kier molecular flexibility index (Phi) is 3.87. The molecule has 6 heteroatoms. The molecule has 4 rings (SSSR count). The van der Waals surface area contributed by atoms with Gasteiger partial charge in [0.15, 0.2) is 0 Å². The van der Waals surface area contributed by atoms with Gasteiger partial charge in [-0.25, -0.2) is 0 Å². The minimum atomic E-state index is -0.339. The van der Waals surface area contributed by atoms with Crippen LogP contribution in [0.15, 0.2) is 30.6 Å². The van der Waals surface area contributed by atoms with Crippen molar-refractivity contribution >= 4 is 12.6 Å². The highest BCUT2D eigenvalue weighted by molar-refractivity contribution is 6.62. The molecular weight excluding hydrogens is 325 g/mol. The number of rotatable bonds is 3. The lowest BCUT2D eigenvalue weighted by atomic mass is 9.58. The fraction of sp³-hybridized carbons (Fsp3) is 0.600. The highest BCUT2D eigenvalue weighted by Gasteiger charge is 2.52. The van der Waals surface area contributed by atoms with Gasteiger partial charge < -0.3 is 13.9 Å². The molecule has 2 aromatic rings. The maximum atomic E-state index is 6.25. The van der Waals surface area contributed by atoms with Crippen molar-refractivity contribution in [1.29, 1.82) is 0 Å². The molecule has 1 saturated heterocycles. The van der Waals surface area contributed by atoms with Crippen molar-refractivity contribution in [3.63, 3.8) is 0 Å². The van der Waals surface area contributed by atoms with Gasteiger partial charge in [-0.05, 0) is 57.5 Å². The molecule has 0 amide bonds. The summed E-state index contributed by atoms with van der Waals surface area (Å²) in [4.78, 5) is 0. The van der Waals surface area contributed by atoms with Gasteiger partial charge in [0.05, 0.1) is 16.6 Å². The van der Waals surface area contributed by atoms with E-state index in [1.165, 1.54) is 5.56 Å². The second kappa shape index (κ2) is 5.67. The van der Waals surface area contributed by atoms with Crippen molar-refractivity contribution in [2.45, 2.75) is 64.1 Å². The molecule has 2 fully saturated rings. The molecule has 1 aromatic heterocycles. The summed E-state index contributed by atoms with van der Waals surface area (Å²) in [5.74, 6) is 1.73. The zero-order chi connectivity index (χ0) is 18.7. The first-order valence-corrected chi connectivity index (χ1v) is 9.45. The SMILES string of the molecule is CC1CC(c2cccc(B3OC(C)(C)C(C)(C)O3)c2)(c2nncn2C)C1. The lowest BCUT2D eigenvalue weighted by molar-refractivity contribution is 0.00578. The number of nitrogens with zero attached hydrogens (tertiary/aromatic N) is 3. The Bertz CT molecular complexity index is 808. The van der Waals surface area contributed by atoms with Crippen LogP contribution in [0.4, 0.5) is 0 Å². The van der Waals surface area contributed by atoms with Crippen LogP contribution in [0, 0.1) is 5.92 Å². The van der Waals surface area contributed by atoms with Crippen LogP contribution in [-0.2, 0) is 21.8 Å². The van der Waals surface area contributed by atoms with Crippen LogP contribution in [0.2, 0.25) is 0 Å². The van der Waals surface area contributed by atoms with Crippen molar-refractivity contribution in [1.82, 2.24) is 14.8 Å². The van der Waals surface area contributed by atoms with Gasteiger partial charge in [-0.1, -0.05) is 31.2 Å². The van der Waals surface area contributed by atoms with Crippen molar-refractivity contribution < 1.29 is 9.31 Å². The number of aryl methyl sites for hydroxylation is 1. The summed E-state index contributed by atoms with van der Waals surface area (Å²) in [7, 11) is 1.69. The average Bonchev–Trinajstić information content (AvgIpc) is 3.05. The molecule has 0 radical (unpaired) electrons. The smallest absolute Gasteiger partial charge is 0.399 e. The molecule has 2 aliphatic rings. The van der Waals surface area contributed by atoms with E-state index in [1.807, 2.05) is 11.6 Å². The third-order valence-electron chi connectivity index (χ3n) is 6.50. The quantitative estimate of drug-likeness (QED) is 0.797. The number of aromatic nitrogens is 3. The molecule has 26 heavy (non-hydrogen) atoms. The van der Waals surface area contributed by atoms with Crippen molar-refractivity contribution in [3.05, 3.63) is 42.0 Å². The first-order chi connectivity index (χ1) is 12.1. The maximum absolute atomic E-state index is 6.25. The summed E-state index contributed by atoms with van der Waals surface area (Å²) in [6.45, 7) is 10.7. The van der Waals surface area contributed by atoms with Gasteiger partial charge >= 0.3 is 7.12 Å². The monoisotopic (exact) mass is 353 g/mol. The Morgan fingerprint density at radius 2 is 1.77 bits per heavy atom. The van der Waals surface area contributed by atoms with E-state index in [1.54, 1.807) is 6.33 Å². The zero-order valence-corrected chi connectivity index (χ0v) is 16.6. The van der Waals surface area contributed by atoms with E-state index in [0.717, 1.165) is 24.1 Å². The number of hydrogen-bond acceptors (Lipinski definition) is 4. The van der Waals surface area contributed by atoms with Gasteiger partial charge in [0.25, 0.3) is 0 Å². The highest BCUT2D eigenvalue weighted by Crippen LogP contribution is 2.51. The summed E-state index contributed by atoms with van der Waals surface area (Å²) < 4.78 is 14.5. The Hall–Kier alpha value is -1.66. The molecular formula is C20H28BN3O2. The fourth-order valence-corrected chi connectivity index (χ4v) is 4.36. The van der Waals surface area contributed by atoms with Gasteiger partial charge in [-0.15, -0.1) is 10.2 Å². The van der Waals surface area contributed by atoms with Gasteiger partial charge in [0.1, 0.15) is 12.2 Å². The molecule has 0 atom stereocenters. The van der Waals surface area contributed by atoms with Crippen molar-refractivity contribution in [3.8, 4) is 0 Å². The molecule has 0 unspecified atom stereocenters. The first kappa shape index (κ1) is 17.7. The van der Waals surface area contributed by atoms with Crippen molar-refractivity contribution in [2.24, 2.45) is 13.0 Å². The molecule has 1 aliphatic carbocycles. The van der Waals surface area contributed by atoms with Gasteiger partial charge in [0.2, 0.25) is 0 Å². The Balaban J connectivity index is 1.71. The maximum Gasteiger partial charge on any atom is 0.494 e. The third-order valence-corrected chi connectivity index (χ3v) is 6.50. The standard InChI is InChI=1S/C20H28BN3O2/c1-14-11-20(12-14,17-23-22-13-24(17)6)15-8-7-9-16(10-15)21-25-18(2,3)19(4,5)26-21/h7-10,13-14H,11-12H2,1-6H3. The molecule has 1 aromatic carbocycles. The van der Waals surface area contributed by atoms with E-state index in [4.69, 9.17) is 9.31 Å². The van der Waals surface area contributed by atoms with E-state index in [-0.39, 0.29) is 23.7 Å². The van der Waals surface area contributed by atoms with Crippen LogP contribution in [-0.4, -0.2) is 33.1 Å². The molecule has 5 nitrogen and oxygen atoms in total. The van der Waals surface area contributed by atoms with E-state index in [2.05, 4.69) is 69.1 Å². The van der Waals surface area contributed by atoms with Gasteiger partial charge in [-0.3, -0.25) is 0 Å². The zero-order valence-electron chi connectivity index (χ0n) is 16.6. The third kappa shape index (κ3) is 2.54. The number of hydrogen-bond donors (Lipinski definition) is 0. The van der Waals surface area contributed by atoms with Crippen LogP contribution in [0.1, 0.15) is 58.8 Å². The van der Waals surface area contributed by atoms with Crippen LogP contribution in [0.3, 0.4) is 0 Å². The number of benzene rings is 1. The molecule has 0 N–H and O–H groups in total. The molecule has 0 bridgehead atoms. The van der Waals surface area contributed by atoms with Gasteiger partial charge in [-0.2, -0.15) is 0 Å². The van der Waals surface area contributed by atoms with Crippen molar-refractivity contribution in [2.75, 3.05) is 0 Å². The predicted octanol–water partition coefficient (Wildman–Crippen LogP) is 2.83. The van der Waals surface area contributed by atoms with Gasteiger partial charge in [0, 0.05) is 7.05 Å². The van der Waals surface area contributed by atoms with E-state index < -0.39 is 0 Å². The summed E-state index contributed by atoms with van der Waals surface area (Å²) >= 11 is 0. The lowest BCUT2D eigenvalue weighted by Gasteiger charge is -2.46. The van der Waals surface area contributed by atoms with Crippen LogP contribution < -0.4 is 5.46 Å². The Morgan fingerprint density at radius 1 is 1.12 bits per heavy atom. The summed E-state index contributed by atoms with van der Waals surface area (Å²) in [5.41, 5.74) is 1.62. The highest BCUT2D eigenvalue weighted by atomic mass is 16.7. The van der Waals surface area contributed by atoms with Crippen LogP contribution >= 0.6 is 0 Å². The average molecular weight is 353 g/mol.